The van der Waals surface area contributed by atoms with E-state index in [4.69, 9.17) is 166 Å². The summed E-state index contributed by atoms with van der Waals surface area (Å²) in [5.41, 5.74) is -40.5. The molecule has 3 aromatic carbocycles. The van der Waals surface area contributed by atoms with Crippen molar-refractivity contribution in [2.75, 3.05) is 0 Å². The van der Waals surface area contributed by atoms with Gasteiger partial charge >= 0.3 is 379 Å². The van der Waals surface area contributed by atoms with Crippen LogP contribution >= 0.6 is 147 Å². The summed E-state index contributed by atoms with van der Waals surface area (Å²) in [4.78, 5) is 0. The molecule has 542 valence electrons. The van der Waals surface area contributed by atoms with Gasteiger partial charge in [-0.15, -0.1) is 0 Å². The van der Waals surface area contributed by atoms with Crippen LogP contribution in [-0.2, 0) is 15.2 Å². The molecule has 60 heteroatoms. The molecular weight excluding hydrogens is 1740 g/mol. The molecule has 3 heterocycles. The van der Waals surface area contributed by atoms with Crippen LogP contribution in [0.4, 0.5) is 158 Å². The van der Waals surface area contributed by atoms with Crippen LogP contribution in [0, 0.1) is 0 Å². The van der Waals surface area contributed by atoms with E-state index in [1.807, 2.05) is 0 Å². The Morgan fingerprint density at radius 1 is 0.191 bits per heavy atom. The van der Waals surface area contributed by atoms with Gasteiger partial charge in [-0.1, -0.05) is 0 Å². The summed E-state index contributed by atoms with van der Waals surface area (Å²) in [5.74, 6) is -2.13. The Balaban J connectivity index is 0.000000368. The van der Waals surface area contributed by atoms with Gasteiger partial charge in [0.15, 0.2) is 0 Å². The van der Waals surface area contributed by atoms with Gasteiger partial charge in [-0.05, 0) is 0 Å². The first-order valence-electron chi connectivity index (χ1n) is 20.7. The Morgan fingerprint density at radius 3 is 0.372 bits per heavy atom. The topological polar surface area (TPSA) is 92.3 Å². The van der Waals surface area contributed by atoms with Crippen molar-refractivity contribution in [1.82, 2.24) is 0 Å². The molecule has 0 radical (unpaired) electrons. The molecule has 0 aromatic heterocycles. The van der Waals surface area contributed by atoms with E-state index in [0.29, 0.717) is 0 Å². The molecule has 0 atom stereocenters. The molecule has 94 heavy (non-hydrogen) atoms. The summed E-state index contributed by atoms with van der Waals surface area (Å²) in [7, 11) is -6.81. The number of benzene rings is 3. The summed E-state index contributed by atoms with van der Waals surface area (Å²) >= 11 is 62.1. The number of hydrogen-bond donors (Lipinski definition) is 0. The zero-order chi connectivity index (χ0) is 74.4. The van der Waals surface area contributed by atoms with Crippen LogP contribution in [0.25, 0.3) is 0 Å². The first-order chi connectivity index (χ1) is 40.9. The minimum absolute atomic E-state index is 0.205. The number of alkyl halides is 36. The largest absolute Gasteiger partial charge is 0.879 e. The second-order valence-electron chi connectivity index (χ2n) is 17.2. The Labute approximate surface area is 549 Å². The second kappa shape index (κ2) is 23.1. The van der Waals surface area contributed by atoms with E-state index in [2.05, 4.69) is 0 Å². The number of rotatable bonds is 8. The van der Waals surface area contributed by atoms with Crippen molar-refractivity contribution in [3.8, 4) is 34.5 Å². The third-order valence-electron chi connectivity index (χ3n) is 11.3. The molecule has 10 nitrogen and oxygen atoms in total. The van der Waals surface area contributed by atoms with Crippen molar-refractivity contribution in [3.63, 3.8) is 0 Å². The van der Waals surface area contributed by atoms with Gasteiger partial charge in [0, 0.05) is 0 Å². The van der Waals surface area contributed by atoms with E-state index >= 15 is 0 Å². The molecule has 0 fully saturated rings. The van der Waals surface area contributed by atoms with Crippen LogP contribution in [0.1, 0.15) is 0 Å². The molecule has 3 aliphatic rings. The smallest absolute Gasteiger partial charge is 0.562 e. The molecule has 0 saturated heterocycles. The summed E-state index contributed by atoms with van der Waals surface area (Å²) in [6.07, 6.45) is -116. The molecule has 3 aromatic rings. The van der Waals surface area contributed by atoms with Crippen LogP contribution in [0.5, 0.6) is 34.5 Å². The fourth-order valence-corrected chi connectivity index (χ4v) is 17.9. The molecule has 0 N–H and O–H groups in total. The van der Waals surface area contributed by atoms with Gasteiger partial charge in [0.1, 0.15) is 0 Å². The number of halogens is 48. The Hall–Kier alpha value is -1.78. The fourth-order valence-electron chi connectivity index (χ4n) is 7.40. The van der Waals surface area contributed by atoms with E-state index in [0.717, 1.165) is 15.2 Å². The predicted octanol–water partition coefficient (Wildman–Crippen LogP) is 24.0. The van der Waals surface area contributed by atoms with Crippen molar-refractivity contribution >= 4 is 161 Å². The van der Waals surface area contributed by atoms with Crippen molar-refractivity contribution in [2.24, 2.45) is 0 Å². The average Bonchev–Trinajstić information content (AvgIpc) is 1.44. The fraction of sp³-hybridized carbons (Fsp3) is 0.471. The number of hydrogen-bond acceptors (Lipinski definition) is 10. The molecule has 1 spiro atoms. The molecular formula is C34AlCl12F36O10P-2. The van der Waals surface area contributed by atoms with E-state index in [9.17, 15) is 158 Å². The third-order valence-corrected chi connectivity index (χ3v) is 22.5. The molecule has 0 saturated carbocycles. The second-order valence-corrected chi connectivity index (χ2v) is 27.1. The maximum absolute atomic E-state index is 13.8. The zero-order valence-electron chi connectivity index (χ0n) is 40.2. The van der Waals surface area contributed by atoms with E-state index < -0.39 is 118 Å². The third kappa shape index (κ3) is 12.0. The van der Waals surface area contributed by atoms with Gasteiger partial charge in [-0.3, -0.25) is 0 Å². The number of fused-ring (bicyclic) bond motifs is 3. The first-order valence-corrected chi connectivity index (χ1v) is 29.3. The minimum atomic E-state index is -13.8. The molecule has 0 amide bonds. The van der Waals surface area contributed by atoms with Gasteiger partial charge in [-0.25, -0.2) is 0 Å². The summed E-state index contributed by atoms with van der Waals surface area (Å²) in [6.45, 7) is 0. The van der Waals surface area contributed by atoms with Gasteiger partial charge in [-0.2, -0.15) is 158 Å². The first kappa shape index (κ1) is 82.9. The van der Waals surface area contributed by atoms with Crippen LogP contribution in [0.15, 0.2) is 0 Å². The maximum Gasteiger partial charge on any atom is 0.879 e. The summed E-state index contributed by atoms with van der Waals surface area (Å²) in [6, 6.07) is 0. The van der Waals surface area contributed by atoms with Gasteiger partial charge < -0.3 is 15.2 Å². The van der Waals surface area contributed by atoms with E-state index in [-0.39, 0.29) is 94.8 Å². The SMILES string of the molecule is Clc1c(Cl)c(Cl)c2c(c1Cl)O[P-]13(O2)(Oc2c(Cl)c(Cl)c(Cl)c(Cl)c2O1)Oc1c(Cl)c(Cl)c(Cl)c(Cl)c1O3.FC(F)(F)C([O][Al-]([O]C(C(F)(F)F)(C(F)(F)F)C(F)(F)F)([O]C(C(F)(F)F)(C(F)(F)F)C(F)(F)F)[O]C(C(F)(F)F)(C(F)(F)F)C(F)(F)F)(C(F)(F)F)C(F)(F)F. The average molecular weight is 1740 g/mol. The molecule has 3 aliphatic heterocycles. The van der Waals surface area contributed by atoms with Crippen molar-refractivity contribution < 1.29 is 200 Å². The molecule has 0 unspecified atom stereocenters. The minimum Gasteiger partial charge on any atom is -0.562 e. The van der Waals surface area contributed by atoms with Gasteiger partial charge in [0.2, 0.25) is 0 Å². The standard InChI is InChI=1S/C18Cl12O6P.4C4F9O.Al/c19-1-2(20)8(26)14-13(7(1)25)31-37(32-14,33-15-9(27)3(21)4(22)10(28)16(15)34-37)35-17-11(29)5(23)6(24)12(30)18(17)36-37;4*5-2(6,7)1(14,3(8,9)10)4(11,12)13;/q5*-1;+3. The summed E-state index contributed by atoms with van der Waals surface area (Å²) in [5, 5.41) is -2.92. The van der Waals surface area contributed by atoms with E-state index in [1.165, 1.54) is 0 Å². The van der Waals surface area contributed by atoms with E-state index in [1.54, 1.807) is 0 Å². The Morgan fingerprint density at radius 2 is 0.287 bits per heavy atom. The Kier molecular flexibility index (Phi) is 20.4. The van der Waals surface area contributed by atoms with Crippen LogP contribution < -0.4 is 27.1 Å². The van der Waals surface area contributed by atoms with Crippen molar-refractivity contribution in [3.05, 3.63) is 60.3 Å². The van der Waals surface area contributed by atoms with Crippen LogP contribution in [-0.4, -0.2) is 111 Å². The van der Waals surface area contributed by atoms with Gasteiger partial charge in [0.25, 0.3) is 0 Å². The normalized spacial score (nSPS) is 18.3. The quantitative estimate of drug-likeness (QED) is 0.0714. The molecule has 0 aliphatic carbocycles. The molecule has 6 rings (SSSR count). The predicted molar refractivity (Wildman–Crippen MR) is 244 cm³/mol. The maximum atomic E-state index is 13.6. The van der Waals surface area contributed by atoms with Crippen LogP contribution in [0.2, 0.25) is 60.3 Å². The zero-order valence-corrected chi connectivity index (χ0v) is 51.4. The summed E-state index contributed by atoms with van der Waals surface area (Å²) < 4.78 is 530. The molecule has 0 bridgehead atoms. The van der Waals surface area contributed by atoms with Crippen molar-refractivity contribution in [1.29, 1.82) is 0 Å². The monoisotopic (exact) mass is 1730 g/mol. The van der Waals surface area contributed by atoms with Gasteiger partial charge in [0.05, 0.1) is 0 Å². The Bertz CT molecular complexity index is 2870. The van der Waals surface area contributed by atoms with Crippen LogP contribution in [0.3, 0.4) is 0 Å². The van der Waals surface area contributed by atoms with Crippen molar-refractivity contribution in [2.45, 2.75) is 96.5 Å².